The van der Waals surface area contributed by atoms with Crippen LogP contribution >= 0.6 is 0 Å². The third-order valence-electron chi connectivity index (χ3n) is 9.90. The Morgan fingerprint density at radius 1 is 1.08 bits per heavy atom. The number of rotatable bonds is 4. The first-order valence-corrected chi connectivity index (χ1v) is 18.6. The molecule has 12 heteroatoms. The van der Waals surface area contributed by atoms with Gasteiger partial charge >= 0.3 is 5.97 Å². The second-order valence-electron chi connectivity index (χ2n) is 14.5. The lowest BCUT2D eigenvalue weighted by Crippen LogP contribution is -2.29. The molecular formula is C38H42F2N4O5S. The molecule has 5 aromatic rings. The Morgan fingerprint density at radius 3 is 2.62 bits per heavy atom. The predicted octanol–water partition coefficient (Wildman–Crippen LogP) is 8.09. The number of hydrogen-bond donors (Lipinski definition) is 2. The number of aromatic nitrogens is 4. The van der Waals surface area contributed by atoms with Gasteiger partial charge in [0.15, 0.2) is 33.1 Å². The van der Waals surface area contributed by atoms with E-state index in [2.05, 4.69) is 4.98 Å². The summed E-state index contributed by atoms with van der Waals surface area (Å²) in [6.45, 7) is 7.73. The number of ether oxygens (including phenoxy) is 1. The number of aliphatic carboxylic acids is 1. The van der Waals surface area contributed by atoms with E-state index in [1.807, 2.05) is 52.0 Å². The molecule has 6 rings (SSSR count). The second kappa shape index (κ2) is 13.3. The highest BCUT2D eigenvalue weighted by Gasteiger charge is 2.36. The summed E-state index contributed by atoms with van der Waals surface area (Å²) in [5, 5.41) is 14.9. The van der Waals surface area contributed by atoms with Crippen molar-refractivity contribution in [3.05, 3.63) is 94.9 Å². The highest BCUT2D eigenvalue weighted by molar-refractivity contribution is 7.91. The molecule has 2 aromatic heterocycles. The first-order chi connectivity index (χ1) is 23.5. The Bertz CT molecular complexity index is 2190. The number of carboxylic acid groups (broad SMARTS) is 1. The fraction of sp³-hybridized carbons (Fsp3) is 0.395. The molecule has 2 N–H and O–H groups in total. The minimum Gasteiger partial charge on any atom is -0.481 e. The molecule has 0 saturated heterocycles. The maximum atomic E-state index is 15.7. The van der Waals surface area contributed by atoms with Crippen molar-refractivity contribution < 1.29 is 31.8 Å². The molecule has 2 atom stereocenters. The first-order valence-electron chi connectivity index (χ1n) is 16.8. The number of sulfone groups is 1. The molecule has 0 fully saturated rings. The topological polar surface area (TPSA) is 127 Å². The molecule has 0 amide bonds. The van der Waals surface area contributed by atoms with Crippen molar-refractivity contribution in [3.63, 3.8) is 0 Å². The lowest BCUT2D eigenvalue weighted by atomic mass is 9.74. The SMILES string of the molecule is CC(CC(=O)O)c1cccc(C2(C)CCCC(C)(C)CS(=O)(=O)CCc3c(c(F)cc4[nH]ccc34)Oc3ccc(F)c(c3)-c3nc2nn3C)c1. The van der Waals surface area contributed by atoms with Crippen LogP contribution in [0.1, 0.15) is 81.8 Å². The molecule has 0 aliphatic carbocycles. The Labute approximate surface area is 290 Å². The molecule has 50 heavy (non-hydrogen) atoms. The first kappa shape index (κ1) is 35.3. The number of halogens is 2. The average molecular weight is 705 g/mol. The normalized spacial score (nSPS) is 19.9. The number of carboxylic acids is 1. The molecule has 9 nitrogen and oxygen atoms in total. The van der Waals surface area contributed by atoms with Gasteiger partial charge in [0.25, 0.3) is 0 Å². The van der Waals surface area contributed by atoms with Crippen LogP contribution in [0.3, 0.4) is 0 Å². The highest BCUT2D eigenvalue weighted by Crippen LogP contribution is 2.41. The summed E-state index contributed by atoms with van der Waals surface area (Å²) in [6.07, 6.45) is 3.39. The average Bonchev–Trinajstić information content (AvgIpc) is 3.67. The third kappa shape index (κ3) is 7.17. The summed E-state index contributed by atoms with van der Waals surface area (Å²) in [5.74, 6) is -1.94. The van der Waals surface area contributed by atoms with Crippen molar-refractivity contribution in [1.82, 2.24) is 19.7 Å². The van der Waals surface area contributed by atoms with Crippen LogP contribution in [0.4, 0.5) is 8.78 Å². The van der Waals surface area contributed by atoms with E-state index in [1.165, 1.54) is 28.9 Å². The van der Waals surface area contributed by atoms with Crippen LogP contribution in [0.5, 0.6) is 11.5 Å². The number of benzene rings is 3. The van der Waals surface area contributed by atoms with Gasteiger partial charge < -0.3 is 14.8 Å². The maximum Gasteiger partial charge on any atom is 0.303 e. The van der Waals surface area contributed by atoms with Crippen LogP contribution < -0.4 is 4.74 Å². The van der Waals surface area contributed by atoms with Gasteiger partial charge in [-0.3, -0.25) is 4.79 Å². The molecule has 1 aliphatic heterocycles. The van der Waals surface area contributed by atoms with E-state index in [4.69, 9.17) is 14.8 Å². The van der Waals surface area contributed by atoms with Crippen molar-refractivity contribution in [1.29, 1.82) is 0 Å². The van der Waals surface area contributed by atoms with Crippen molar-refractivity contribution in [2.75, 3.05) is 11.5 Å². The van der Waals surface area contributed by atoms with Crippen LogP contribution in [0.15, 0.2) is 60.8 Å². The van der Waals surface area contributed by atoms with Crippen molar-refractivity contribution in [2.24, 2.45) is 12.5 Å². The van der Waals surface area contributed by atoms with E-state index < -0.39 is 38.3 Å². The van der Waals surface area contributed by atoms with Gasteiger partial charge in [-0.1, -0.05) is 51.5 Å². The molecule has 264 valence electrons. The van der Waals surface area contributed by atoms with Crippen LogP contribution in [-0.4, -0.2) is 50.7 Å². The Morgan fingerprint density at radius 2 is 1.86 bits per heavy atom. The zero-order valence-electron chi connectivity index (χ0n) is 28.9. The maximum absolute atomic E-state index is 15.7. The summed E-state index contributed by atoms with van der Waals surface area (Å²) in [7, 11) is -1.92. The zero-order valence-corrected chi connectivity index (χ0v) is 29.7. The van der Waals surface area contributed by atoms with E-state index >= 15 is 8.78 Å². The minimum absolute atomic E-state index is 0.0231. The van der Waals surface area contributed by atoms with E-state index in [0.717, 1.165) is 11.1 Å². The number of nitrogens with one attached hydrogen (secondary N) is 1. The van der Waals surface area contributed by atoms with Gasteiger partial charge in [-0.2, -0.15) is 5.10 Å². The van der Waals surface area contributed by atoms with Crippen molar-refractivity contribution >= 4 is 26.7 Å². The van der Waals surface area contributed by atoms with Crippen LogP contribution in [0, 0.1) is 17.0 Å². The molecule has 1 aliphatic rings. The molecular weight excluding hydrogens is 663 g/mol. The number of aromatic amines is 1. The molecule has 0 saturated carbocycles. The van der Waals surface area contributed by atoms with Gasteiger partial charge in [0.05, 0.1) is 28.9 Å². The van der Waals surface area contributed by atoms with Crippen molar-refractivity contribution in [2.45, 2.75) is 71.1 Å². The number of fused-ring (bicyclic) bond motifs is 8. The fourth-order valence-corrected chi connectivity index (χ4v) is 9.16. The van der Waals surface area contributed by atoms with E-state index in [-0.39, 0.29) is 53.2 Å². The van der Waals surface area contributed by atoms with Gasteiger partial charge in [0.2, 0.25) is 0 Å². The summed E-state index contributed by atoms with van der Waals surface area (Å²) in [5.41, 5.74) is 1.36. The Hall–Kier alpha value is -4.58. The molecule has 2 unspecified atom stereocenters. The quantitative estimate of drug-likeness (QED) is 0.194. The predicted molar refractivity (Wildman–Crippen MR) is 188 cm³/mol. The number of hydrogen-bond acceptors (Lipinski definition) is 6. The van der Waals surface area contributed by atoms with Crippen LogP contribution in [0.2, 0.25) is 0 Å². The fourth-order valence-electron chi connectivity index (χ4n) is 7.16. The smallest absolute Gasteiger partial charge is 0.303 e. The summed E-state index contributed by atoms with van der Waals surface area (Å²) in [6, 6.07) is 14.8. The molecule has 4 bridgehead atoms. The van der Waals surface area contributed by atoms with Gasteiger partial charge in [0.1, 0.15) is 11.6 Å². The number of nitrogens with zero attached hydrogens (tertiary/aromatic N) is 3. The standard InChI is InChI=1S/C38H42F2N4O5S/c1-23(18-33(45)46)24-8-6-9-25(19-24)38(4)15-7-14-37(2,3)22-50(47,48)17-13-28-27-12-16-41-32(27)21-31(40)34(28)49-26-10-11-30(39)29(20-26)35-42-36(38)43-44(35)5/h6,8-12,16,19-21,23,41H,7,13-15,17-18,22H2,1-5H3,(H,45,46). The van der Waals surface area contributed by atoms with Gasteiger partial charge in [0, 0.05) is 35.8 Å². The Kier molecular flexibility index (Phi) is 9.36. The number of carbonyl (C=O) groups is 1. The van der Waals surface area contributed by atoms with Gasteiger partial charge in [-0.05, 0) is 72.9 Å². The monoisotopic (exact) mass is 704 g/mol. The second-order valence-corrected chi connectivity index (χ2v) is 16.7. The highest BCUT2D eigenvalue weighted by atomic mass is 32.2. The number of H-pyrrole nitrogens is 1. The summed E-state index contributed by atoms with van der Waals surface area (Å²) >= 11 is 0. The van der Waals surface area contributed by atoms with E-state index in [0.29, 0.717) is 41.6 Å². The molecule has 3 heterocycles. The molecule has 0 radical (unpaired) electrons. The van der Waals surface area contributed by atoms with E-state index in [1.54, 1.807) is 19.3 Å². The van der Waals surface area contributed by atoms with Crippen LogP contribution in [0.25, 0.3) is 22.3 Å². The van der Waals surface area contributed by atoms with Crippen LogP contribution in [-0.2, 0) is 33.5 Å². The van der Waals surface area contributed by atoms with Crippen molar-refractivity contribution in [3.8, 4) is 22.9 Å². The summed E-state index contributed by atoms with van der Waals surface area (Å²) in [4.78, 5) is 19.4. The summed E-state index contributed by atoms with van der Waals surface area (Å²) < 4.78 is 66.2. The van der Waals surface area contributed by atoms with Gasteiger partial charge in [-0.15, -0.1) is 0 Å². The lowest BCUT2D eigenvalue weighted by Gasteiger charge is -2.31. The lowest BCUT2D eigenvalue weighted by molar-refractivity contribution is -0.137. The Balaban J connectivity index is 1.50. The van der Waals surface area contributed by atoms with Gasteiger partial charge in [-0.25, -0.2) is 26.9 Å². The number of aryl methyl sites for hydroxylation is 2. The molecule has 3 aromatic carbocycles. The largest absolute Gasteiger partial charge is 0.481 e. The third-order valence-corrected chi connectivity index (χ3v) is 11.9. The molecule has 0 spiro atoms. The minimum atomic E-state index is -3.60. The zero-order chi connectivity index (χ0) is 36.0. The van der Waals surface area contributed by atoms with E-state index in [9.17, 15) is 18.3 Å².